The van der Waals surface area contributed by atoms with Crippen LogP contribution in [0.5, 0.6) is 0 Å². The van der Waals surface area contributed by atoms with Crippen LogP contribution in [0.1, 0.15) is 56.8 Å². The second-order valence-corrected chi connectivity index (χ2v) is 7.12. The molecule has 3 nitrogen and oxygen atoms in total. The number of amides is 1. The highest BCUT2D eigenvalue weighted by Crippen LogP contribution is 2.38. The molecule has 3 N–H and O–H groups in total. The number of primary amides is 1. The molecule has 4 heteroatoms. The molecule has 1 aliphatic rings. The second kappa shape index (κ2) is 6.04. The standard InChI is InChI=1S/C17H25FN2O/c1-17(2,3)12-5-7-13(8-6-12)20-15-10-11(16(19)21)4-9-14(15)18/h4,9-10,12-13,20H,5-8H2,1-3H3,(H2,19,21). The monoisotopic (exact) mass is 292 g/mol. The number of benzene rings is 1. The van der Waals surface area contributed by atoms with Gasteiger partial charge in [0, 0.05) is 11.6 Å². The molecule has 116 valence electrons. The molecular weight excluding hydrogens is 267 g/mol. The van der Waals surface area contributed by atoms with Gasteiger partial charge in [-0.25, -0.2) is 4.39 Å². The minimum absolute atomic E-state index is 0.265. The van der Waals surface area contributed by atoms with Gasteiger partial charge in [0.15, 0.2) is 0 Å². The van der Waals surface area contributed by atoms with E-state index in [0.717, 1.165) is 31.6 Å². The van der Waals surface area contributed by atoms with E-state index in [0.29, 0.717) is 16.7 Å². The number of rotatable bonds is 3. The number of halogens is 1. The van der Waals surface area contributed by atoms with Gasteiger partial charge in [0.2, 0.25) is 5.91 Å². The van der Waals surface area contributed by atoms with E-state index in [1.54, 1.807) is 0 Å². The van der Waals surface area contributed by atoms with Gasteiger partial charge in [0.1, 0.15) is 5.82 Å². The van der Waals surface area contributed by atoms with E-state index < -0.39 is 5.91 Å². The lowest BCUT2D eigenvalue weighted by Crippen LogP contribution is -2.31. The van der Waals surface area contributed by atoms with Crippen molar-refractivity contribution in [1.82, 2.24) is 0 Å². The van der Waals surface area contributed by atoms with Crippen molar-refractivity contribution >= 4 is 11.6 Å². The van der Waals surface area contributed by atoms with Crippen LogP contribution in [0.25, 0.3) is 0 Å². The summed E-state index contributed by atoms with van der Waals surface area (Å²) in [7, 11) is 0. The molecule has 2 rings (SSSR count). The van der Waals surface area contributed by atoms with Crippen LogP contribution in [-0.4, -0.2) is 11.9 Å². The molecule has 21 heavy (non-hydrogen) atoms. The van der Waals surface area contributed by atoms with Gasteiger partial charge < -0.3 is 11.1 Å². The van der Waals surface area contributed by atoms with Gasteiger partial charge in [0.05, 0.1) is 5.69 Å². The van der Waals surface area contributed by atoms with E-state index in [4.69, 9.17) is 5.73 Å². The first kappa shape index (κ1) is 15.8. The van der Waals surface area contributed by atoms with Crippen molar-refractivity contribution in [1.29, 1.82) is 0 Å². The van der Waals surface area contributed by atoms with Crippen molar-refractivity contribution in [3.8, 4) is 0 Å². The predicted molar refractivity (Wildman–Crippen MR) is 83.7 cm³/mol. The summed E-state index contributed by atoms with van der Waals surface area (Å²) in [5.74, 6) is -0.148. The Bertz CT molecular complexity index is 514. The highest BCUT2D eigenvalue weighted by Gasteiger charge is 2.29. The Morgan fingerprint density at radius 3 is 2.38 bits per heavy atom. The number of hydrogen-bond acceptors (Lipinski definition) is 2. The Kier molecular flexibility index (Phi) is 4.55. The van der Waals surface area contributed by atoms with E-state index in [-0.39, 0.29) is 11.9 Å². The smallest absolute Gasteiger partial charge is 0.248 e. The van der Waals surface area contributed by atoms with Crippen molar-refractivity contribution in [2.75, 3.05) is 5.32 Å². The first-order chi connectivity index (χ1) is 9.77. The molecule has 0 heterocycles. The summed E-state index contributed by atoms with van der Waals surface area (Å²) < 4.78 is 13.8. The second-order valence-electron chi connectivity index (χ2n) is 7.12. The zero-order valence-electron chi connectivity index (χ0n) is 13.1. The third-order valence-electron chi connectivity index (χ3n) is 4.56. The Balaban J connectivity index is 2.01. The Hall–Kier alpha value is -1.58. The summed E-state index contributed by atoms with van der Waals surface area (Å²) in [6, 6.07) is 4.48. The summed E-state index contributed by atoms with van der Waals surface area (Å²) in [6.45, 7) is 6.84. The molecule has 1 aromatic rings. The van der Waals surface area contributed by atoms with Gasteiger partial charge in [-0.15, -0.1) is 0 Å². The van der Waals surface area contributed by atoms with Crippen LogP contribution in [-0.2, 0) is 0 Å². The molecule has 1 aliphatic carbocycles. The first-order valence-corrected chi connectivity index (χ1v) is 7.63. The fraction of sp³-hybridized carbons (Fsp3) is 0.588. The lowest BCUT2D eigenvalue weighted by molar-refractivity contribution is 0.1000. The van der Waals surface area contributed by atoms with E-state index in [1.165, 1.54) is 18.2 Å². The van der Waals surface area contributed by atoms with Crippen molar-refractivity contribution in [2.24, 2.45) is 17.1 Å². The van der Waals surface area contributed by atoms with Gasteiger partial charge in [0.25, 0.3) is 0 Å². The van der Waals surface area contributed by atoms with Crippen LogP contribution in [0.2, 0.25) is 0 Å². The molecule has 1 amide bonds. The molecule has 0 aliphatic heterocycles. The molecular formula is C17H25FN2O. The van der Waals surface area contributed by atoms with Crippen molar-refractivity contribution < 1.29 is 9.18 Å². The third-order valence-corrected chi connectivity index (χ3v) is 4.56. The lowest BCUT2D eigenvalue weighted by Gasteiger charge is -2.37. The van der Waals surface area contributed by atoms with Gasteiger partial charge in [-0.05, 0) is 55.2 Å². The zero-order valence-corrected chi connectivity index (χ0v) is 13.1. The van der Waals surface area contributed by atoms with Crippen molar-refractivity contribution in [3.05, 3.63) is 29.6 Å². The van der Waals surface area contributed by atoms with E-state index >= 15 is 0 Å². The highest BCUT2D eigenvalue weighted by molar-refractivity contribution is 5.93. The first-order valence-electron chi connectivity index (χ1n) is 7.63. The van der Waals surface area contributed by atoms with Crippen LogP contribution < -0.4 is 11.1 Å². The van der Waals surface area contributed by atoms with Crippen LogP contribution in [0, 0.1) is 17.2 Å². The quantitative estimate of drug-likeness (QED) is 0.886. The average molecular weight is 292 g/mol. The van der Waals surface area contributed by atoms with Gasteiger partial charge >= 0.3 is 0 Å². The molecule has 0 bridgehead atoms. The summed E-state index contributed by atoms with van der Waals surface area (Å²) in [5, 5.41) is 3.23. The molecule has 1 saturated carbocycles. The fourth-order valence-corrected chi connectivity index (χ4v) is 3.11. The number of nitrogens with two attached hydrogens (primary N) is 1. The van der Waals surface area contributed by atoms with Gasteiger partial charge in [-0.1, -0.05) is 20.8 Å². The van der Waals surface area contributed by atoms with Crippen LogP contribution >= 0.6 is 0 Å². The van der Waals surface area contributed by atoms with E-state index in [2.05, 4.69) is 26.1 Å². The van der Waals surface area contributed by atoms with Crippen molar-refractivity contribution in [3.63, 3.8) is 0 Å². The SMILES string of the molecule is CC(C)(C)C1CCC(Nc2cc(C(N)=O)ccc2F)CC1. The molecule has 1 fully saturated rings. The Morgan fingerprint density at radius 1 is 1.24 bits per heavy atom. The maximum Gasteiger partial charge on any atom is 0.248 e. The highest BCUT2D eigenvalue weighted by atomic mass is 19.1. The largest absolute Gasteiger partial charge is 0.380 e. The minimum Gasteiger partial charge on any atom is -0.380 e. The number of anilines is 1. The van der Waals surface area contributed by atoms with Crippen LogP contribution in [0.4, 0.5) is 10.1 Å². The normalized spacial score (nSPS) is 22.9. The molecule has 0 aromatic heterocycles. The average Bonchev–Trinajstić information content (AvgIpc) is 2.40. The summed E-state index contributed by atoms with van der Waals surface area (Å²) in [5.41, 5.74) is 6.29. The van der Waals surface area contributed by atoms with Gasteiger partial charge in [-0.3, -0.25) is 4.79 Å². The molecule has 1 aromatic carbocycles. The van der Waals surface area contributed by atoms with E-state index in [1.807, 2.05) is 0 Å². The Labute approximate surface area is 126 Å². The minimum atomic E-state index is -0.533. The van der Waals surface area contributed by atoms with E-state index in [9.17, 15) is 9.18 Å². The fourth-order valence-electron chi connectivity index (χ4n) is 3.11. The molecule has 0 unspecified atom stereocenters. The predicted octanol–water partition coefficient (Wildman–Crippen LogP) is 3.94. The number of nitrogens with one attached hydrogen (secondary N) is 1. The van der Waals surface area contributed by atoms with Gasteiger partial charge in [-0.2, -0.15) is 0 Å². The van der Waals surface area contributed by atoms with Crippen LogP contribution in [0.3, 0.4) is 0 Å². The third kappa shape index (κ3) is 3.96. The number of carbonyl (C=O) groups excluding carboxylic acids is 1. The summed E-state index contributed by atoms with van der Waals surface area (Å²) in [6.07, 6.45) is 4.36. The zero-order chi connectivity index (χ0) is 15.6. The maximum atomic E-state index is 13.8. The lowest BCUT2D eigenvalue weighted by atomic mass is 9.71. The molecule has 0 atom stereocenters. The number of hydrogen-bond donors (Lipinski definition) is 2. The number of carbonyl (C=O) groups is 1. The molecule has 0 saturated heterocycles. The topological polar surface area (TPSA) is 55.1 Å². The summed E-state index contributed by atoms with van der Waals surface area (Å²) >= 11 is 0. The van der Waals surface area contributed by atoms with Crippen molar-refractivity contribution in [2.45, 2.75) is 52.5 Å². The summed E-state index contributed by atoms with van der Waals surface area (Å²) in [4.78, 5) is 11.2. The Morgan fingerprint density at radius 2 is 1.86 bits per heavy atom. The van der Waals surface area contributed by atoms with Crippen LogP contribution in [0.15, 0.2) is 18.2 Å². The molecule has 0 spiro atoms. The molecule has 0 radical (unpaired) electrons. The maximum absolute atomic E-state index is 13.8.